The van der Waals surface area contributed by atoms with Gasteiger partial charge in [0.15, 0.2) is 5.69 Å². The van der Waals surface area contributed by atoms with Crippen LogP contribution in [0.25, 0.3) is 0 Å². The van der Waals surface area contributed by atoms with Crippen molar-refractivity contribution in [2.24, 2.45) is 0 Å². The van der Waals surface area contributed by atoms with Gasteiger partial charge in [-0.15, -0.1) is 0 Å². The molecule has 1 aliphatic rings. The van der Waals surface area contributed by atoms with Gasteiger partial charge < -0.3 is 15.2 Å². The molecule has 6 nitrogen and oxygen atoms in total. The predicted octanol–water partition coefficient (Wildman–Crippen LogP) is -0.235. The van der Waals surface area contributed by atoms with E-state index < -0.39 is 0 Å². The molecule has 1 aromatic heterocycles. The number of nitrogens with zero attached hydrogens (tertiary/aromatic N) is 2. The summed E-state index contributed by atoms with van der Waals surface area (Å²) in [5.41, 5.74) is 0.551. The fraction of sp³-hybridized carbons (Fsp3) is 0.500. The molecule has 2 amide bonds. The van der Waals surface area contributed by atoms with Crippen molar-refractivity contribution < 1.29 is 9.59 Å². The SMILES string of the molecule is CC(C)NC(=O)c1ncn2c1C(=O)NCC2. The fourth-order valence-corrected chi connectivity index (χ4v) is 1.66. The summed E-state index contributed by atoms with van der Waals surface area (Å²) in [4.78, 5) is 27.4. The maximum atomic E-state index is 11.8. The zero-order chi connectivity index (χ0) is 11.7. The molecule has 2 heterocycles. The normalized spacial score (nSPS) is 14.6. The molecule has 2 N–H and O–H groups in total. The van der Waals surface area contributed by atoms with E-state index in [1.807, 2.05) is 13.8 Å². The Morgan fingerprint density at radius 2 is 2.38 bits per heavy atom. The minimum atomic E-state index is -0.305. The Kier molecular flexibility index (Phi) is 2.64. The lowest BCUT2D eigenvalue weighted by molar-refractivity contribution is 0.0895. The second kappa shape index (κ2) is 3.96. The number of carbonyl (C=O) groups excluding carboxylic acids is 2. The van der Waals surface area contributed by atoms with Crippen molar-refractivity contribution in [3.05, 3.63) is 17.7 Å². The molecule has 0 atom stereocenters. The molecule has 0 radical (unpaired) electrons. The molecular weight excluding hydrogens is 208 g/mol. The number of rotatable bonds is 2. The molecule has 1 aromatic rings. The van der Waals surface area contributed by atoms with Crippen LogP contribution in [-0.2, 0) is 6.54 Å². The average molecular weight is 222 g/mol. The first kappa shape index (κ1) is 10.7. The van der Waals surface area contributed by atoms with E-state index in [9.17, 15) is 9.59 Å². The van der Waals surface area contributed by atoms with Crippen LogP contribution in [0, 0.1) is 0 Å². The number of fused-ring (bicyclic) bond motifs is 1. The zero-order valence-electron chi connectivity index (χ0n) is 9.28. The molecule has 16 heavy (non-hydrogen) atoms. The van der Waals surface area contributed by atoms with Crippen LogP contribution < -0.4 is 10.6 Å². The molecule has 1 aliphatic heterocycles. The molecule has 0 saturated carbocycles. The lowest BCUT2D eigenvalue weighted by Crippen LogP contribution is -2.38. The third-order valence-corrected chi connectivity index (χ3v) is 2.33. The van der Waals surface area contributed by atoms with Crippen molar-refractivity contribution >= 4 is 11.8 Å². The van der Waals surface area contributed by atoms with Gasteiger partial charge in [0, 0.05) is 19.1 Å². The lowest BCUT2D eigenvalue weighted by Gasteiger charge is -2.16. The van der Waals surface area contributed by atoms with Gasteiger partial charge >= 0.3 is 0 Å². The standard InChI is InChI=1S/C10H14N4O2/c1-6(2)13-9(15)7-8-10(16)11-3-4-14(8)5-12-7/h5-6H,3-4H2,1-2H3,(H,11,16)(H,13,15). The van der Waals surface area contributed by atoms with Crippen LogP contribution in [-0.4, -0.2) is 34.0 Å². The number of aromatic nitrogens is 2. The highest BCUT2D eigenvalue weighted by Crippen LogP contribution is 2.10. The summed E-state index contributed by atoms with van der Waals surface area (Å²) in [7, 11) is 0. The van der Waals surface area contributed by atoms with Crippen molar-refractivity contribution in [2.45, 2.75) is 26.4 Å². The van der Waals surface area contributed by atoms with E-state index in [2.05, 4.69) is 15.6 Å². The first-order chi connectivity index (χ1) is 7.59. The molecule has 0 fully saturated rings. The highest BCUT2D eigenvalue weighted by atomic mass is 16.2. The van der Waals surface area contributed by atoms with Gasteiger partial charge in [-0.3, -0.25) is 9.59 Å². The summed E-state index contributed by atoms with van der Waals surface area (Å²) in [6.07, 6.45) is 1.53. The van der Waals surface area contributed by atoms with Crippen LogP contribution in [0.1, 0.15) is 34.8 Å². The number of amides is 2. The molecule has 6 heteroatoms. The van der Waals surface area contributed by atoms with Gasteiger partial charge in [0.25, 0.3) is 11.8 Å². The van der Waals surface area contributed by atoms with Crippen molar-refractivity contribution in [1.29, 1.82) is 0 Å². The van der Waals surface area contributed by atoms with Gasteiger partial charge in [-0.25, -0.2) is 4.98 Å². The summed E-state index contributed by atoms with van der Waals surface area (Å²) < 4.78 is 1.70. The molecular formula is C10H14N4O2. The maximum absolute atomic E-state index is 11.8. The van der Waals surface area contributed by atoms with Gasteiger partial charge in [-0.1, -0.05) is 0 Å². The van der Waals surface area contributed by atoms with Crippen LogP contribution in [0.5, 0.6) is 0 Å². The first-order valence-electron chi connectivity index (χ1n) is 5.24. The van der Waals surface area contributed by atoms with Crippen LogP contribution in [0.4, 0.5) is 0 Å². The fourth-order valence-electron chi connectivity index (χ4n) is 1.66. The molecule has 2 rings (SSSR count). The minimum Gasteiger partial charge on any atom is -0.349 e. The average Bonchev–Trinajstić information content (AvgIpc) is 2.61. The second-order valence-corrected chi connectivity index (χ2v) is 4.02. The molecule has 0 saturated heterocycles. The van der Waals surface area contributed by atoms with Crippen LogP contribution in [0.3, 0.4) is 0 Å². The molecule has 0 aliphatic carbocycles. The van der Waals surface area contributed by atoms with Crippen LogP contribution in [0.2, 0.25) is 0 Å². The van der Waals surface area contributed by atoms with E-state index in [4.69, 9.17) is 0 Å². The van der Waals surface area contributed by atoms with Crippen LogP contribution in [0.15, 0.2) is 6.33 Å². The number of imidazole rings is 1. The Labute approximate surface area is 93.0 Å². The summed E-state index contributed by atoms with van der Waals surface area (Å²) in [5, 5.41) is 5.41. The van der Waals surface area contributed by atoms with Gasteiger partial charge in [-0.2, -0.15) is 0 Å². The highest BCUT2D eigenvalue weighted by Gasteiger charge is 2.26. The number of nitrogens with one attached hydrogen (secondary N) is 2. The Balaban J connectivity index is 2.32. The zero-order valence-corrected chi connectivity index (χ0v) is 9.28. The molecule has 0 aromatic carbocycles. The van der Waals surface area contributed by atoms with Gasteiger partial charge in [0.05, 0.1) is 6.33 Å². The number of hydrogen-bond donors (Lipinski definition) is 2. The smallest absolute Gasteiger partial charge is 0.272 e. The first-order valence-corrected chi connectivity index (χ1v) is 5.24. The van der Waals surface area contributed by atoms with E-state index in [0.29, 0.717) is 18.8 Å². The Hall–Kier alpha value is -1.85. The third-order valence-electron chi connectivity index (χ3n) is 2.33. The van der Waals surface area contributed by atoms with Gasteiger partial charge in [0.1, 0.15) is 5.69 Å². The summed E-state index contributed by atoms with van der Waals surface area (Å²) >= 11 is 0. The van der Waals surface area contributed by atoms with Crippen LogP contribution >= 0.6 is 0 Å². The second-order valence-electron chi connectivity index (χ2n) is 4.02. The monoisotopic (exact) mass is 222 g/mol. The van der Waals surface area contributed by atoms with Gasteiger partial charge in [0.2, 0.25) is 0 Å². The van der Waals surface area contributed by atoms with Crippen molar-refractivity contribution in [1.82, 2.24) is 20.2 Å². The number of hydrogen-bond acceptors (Lipinski definition) is 3. The summed E-state index contributed by atoms with van der Waals surface area (Å²) in [6.45, 7) is 4.96. The summed E-state index contributed by atoms with van der Waals surface area (Å²) in [6, 6.07) is 0.0245. The number of carbonyl (C=O) groups is 2. The molecule has 0 bridgehead atoms. The largest absolute Gasteiger partial charge is 0.349 e. The summed E-state index contributed by atoms with van der Waals surface area (Å²) in [5.74, 6) is -0.543. The lowest BCUT2D eigenvalue weighted by atomic mass is 10.2. The van der Waals surface area contributed by atoms with Crippen molar-refractivity contribution in [3.63, 3.8) is 0 Å². The van der Waals surface area contributed by atoms with Crippen molar-refractivity contribution in [2.75, 3.05) is 6.54 Å². The third kappa shape index (κ3) is 1.78. The molecule has 0 spiro atoms. The minimum absolute atomic E-state index is 0.0245. The van der Waals surface area contributed by atoms with Crippen molar-refractivity contribution in [3.8, 4) is 0 Å². The van der Waals surface area contributed by atoms with E-state index in [1.165, 1.54) is 6.33 Å². The quantitative estimate of drug-likeness (QED) is 0.725. The van der Waals surface area contributed by atoms with E-state index in [-0.39, 0.29) is 23.6 Å². The Morgan fingerprint density at radius 3 is 3.06 bits per heavy atom. The highest BCUT2D eigenvalue weighted by molar-refractivity contribution is 6.05. The topological polar surface area (TPSA) is 76.0 Å². The Bertz CT molecular complexity index is 436. The van der Waals surface area contributed by atoms with E-state index in [1.54, 1.807) is 4.57 Å². The van der Waals surface area contributed by atoms with E-state index in [0.717, 1.165) is 0 Å². The van der Waals surface area contributed by atoms with Gasteiger partial charge in [-0.05, 0) is 13.8 Å². The molecule has 86 valence electrons. The van der Waals surface area contributed by atoms with E-state index >= 15 is 0 Å². The molecule has 0 unspecified atom stereocenters. The maximum Gasteiger partial charge on any atom is 0.272 e. The Morgan fingerprint density at radius 1 is 1.62 bits per heavy atom. The predicted molar refractivity (Wildman–Crippen MR) is 57.2 cm³/mol.